The normalized spacial score (nSPS) is 16.1. The predicted octanol–water partition coefficient (Wildman–Crippen LogP) is 2.12. The van der Waals surface area contributed by atoms with Crippen LogP contribution in [0.5, 0.6) is 5.75 Å². The predicted molar refractivity (Wildman–Crippen MR) is 98.8 cm³/mol. The summed E-state index contributed by atoms with van der Waals surface area (Å²) in [5.74, 6) is 0.931. The van der Waals surface area contributed by atoms with Crippen molar-refractivity contribution >= 4 is 15.9 Å². The molecule has 1 aromatic rings. The molecule has 1 aliphatic heterocycles. The third-order valence-electron chi connectivity index (χ3n) is 4.84. The SMILES string of the molecule is CCCS(=O)(=O)N1CCN(C(=O)c2cc(C)c(OC)c(C)c2C)CC1. The minimum atomic E-state index is -3.20. The van der Waals surface area contributed by atoms with Crippen molar-refractivity contribution < 1.29 is 17.9 Å². The number of hydrogen-bond acceptors (Lipinski definition) is 4. The summed E-state index contributed by atoms with van der Waals surface area (Å²) >= 11 is 0. The van der Waals surface area contributed by atoms with Crippen molar-refractivity contribution in [2.45, 2.75) is 34.1 Å². The molecule has 1 heterocycles. The highest BCUT2D eigenvalue weighted by Crippen LogP contribution is 2.29. The van der Waals surface area contributed by atoms with Gasteiger partial charge in [-0.25, -0.2) is 8.42 Å². The first-order valence-electron chi connectivity index (χ1n) is 8.64. The monoisotopic (exact) mass is 368 g/mol. The molecule has 0 radical (unpaired) electrons. The second-order valence-electron chi connectivity index (χ2n) is 6.53. The molecule has 25 heavy (non-hydrogen) atoms. The minimum Gasteiger partial charge on any atom is -0.496 e. The van der Waals surface area contributed by atoms with Crippen LogP contribution < -0.4 is 4.74 Å². The Morgan fingerprint density at radius 3 is 2.24 bits per heavy atom. The van der Waals surface area contributed by atoms with E-state index < -0.39 is 10.0 Å². The van der Waals surface area contributed by atoms with E-state index in [1.54, 1.807) is 12.0 Å². The van der Waals surface area contributed by atoms with E-state index in [1.807, 2.05) is 33.8 Å². The Labute approximate surface area is 150 Å². The molecule has 0 saturated carbocycles. The maximum atomic E-state index is 12.9. The second-order valence-corrected chi connectivity index (χ2v) is 8.62. The highest BCUT2D eigenvalue weighted by Gasteiger charge is 2.29. The van der Waals surface area contributed by atoms with Gasteiger partial charge in [-0.1, -0.05) is 6.92 Å². The van der Waals surface area contributed by atoms with Crippen molar-refractivity contribution in [3.05, 3.63) is 28.3 Å². The first-order valence-corrected chi connectivity index (χ1v) is 10.3. The quantitative estimate of drug-likeness (QED) is 0.798. The van der Waals surface area contributed by atoms with Crippen molar-refractivity contribution in [1.82, 2.24) is 9.21 Å². The average Bonchev–Trinajstić information content (AvgIpc) is 2.58. The van der Waals surface area contributed by atoms with Gasteiger partial charge in [0.15, 0.2) is 0 Å². The first kappa shape index (κ1) is 19.7. The lowest BCUT2D eigenvalue weighted by Gasteiger charge is -2.34. The van der Waals surface area contributed by atoms with Gasteiger partial charge in [0.05, 0.1) is 12.9 Å². The molecule has 0 atom stereocenters. The van der Waals surface area contributed by atoms with E-state index in [2.05, 4.69) is 0 Å². The molecule has 0 aromatic heterocycles. The van der Waals surface area contributed by atoms with Gasteiger partial charge in [0.25, 0.3) is 5.91 Å². The van der Waals surface area contributed by atoms with E-state index in [1.165, 1.54) is 4.31 Å². The molecule has 0 N–H and O–H groups in total. The number of ether oxygens (including phenoxy) is 1. The smallest absolute Gasteiger partial charge is 0.254 e. The Balaban J connectivity index is 2.16. The molecule has 0 spiro atoms. The number of sulfonamides is 1. The fraction of sp³-hybridized carbons (Fsp3) is 0.611. The lowest BCUT2D eigenvalue weighted by atomic mass is 9.97. The van der Waals surface area contributed by atoms with E-state index >= 15 is 0 Å². The zero-order valence-electron chi connectivity index (χ0n) is 15.8. The molecule has 2 rings (SSSR count). The van der Waals surface area contributed by atoms with Crippen LogP contribution in [0, 0.1) is 20.8 Å². The third-order valence-corrected chi connectivity index (χ3v) is 6.92. The fourth-order valence-electron chi connectivity index (χ4n) is 3.32. The van der Waals surface area contributed by atoms with Crippen LogP contribution in [0.2, 0.25) is 0 Å². The summed E-state index contributed by atoms with van der Waals surface area (Å²) in [5.41, 5.74) is 3.47. The standard InChI is InChI=1S/C18H28N2O4S/c1-6-11-25(22,23)20-9-7-19(8-10-20)18(21)16-12-13(2)17(24-5)15(4)14(16)3/h12H,6-11H2,1-5H3. The minimum absolute atomic E-state index is 0.0427. The Morgan fingerprint density at radius 2 is 1.72 bits per heavy atom. The van der Waals surface area contributed by atoms with Gasteiger partial charge >= 0.3 is 0 Å². The van der Waals surface area contributed by atoms with Crippen LogP contribution in [-0.2, 0) is 10.0 Å². The van der Waals surface area contributed by atoms with Gasteiger partial charge in [0.1, 0.15) is 5.75 Å². The van der Waals surface area contributed by atoms with Gasteiger partial charge in [0, 0.05) is 31.7 Å². The van der Waals surface area contributed by atoms with E-state index in [4.69, 9.17) is 4.74 Å². The molecule has 0 bridgehead atoms. The lowest BCUT2D eigenvalue weighted by molar-refractivity contribution is 0.0697. The lowest BCUT2D eigenvalue weighted by Crippen LogP contribution is -2.51. The van der Waals surface area contributed by atoms with Crippen molar-refractivity contribution in [1.29, 1.82) is 0 Å². The summed E-state index contributed by atoms with van der Waals surface area (Å²) in [5, 5.41) is 0. The maximum Gasteiger partial charge on any atom is 0.254 e. The van der Waals surface area contributed by atoms with Crippen molar-refractivity contribution in [2.75, 3.05) is 39.0 Å². The molecule has 1 aromatic carbocycles. The molecule has 7 heteroatoms. The van der Waals surface area contributed by atoms with E-state index in [9.17, 15) is 13.2 Å². The zero-order chi connectivity index (χ0) is 18.8. The van der Waals surface area contributed by atoms with Gasteiger partial charge in [-0.15, -0.1) is 0 Å². The highest BCUT2D eigenvalue weighted by molar-refractivity contribution is 7.89. The maximum absolute atomic E-state index is 12.9. The number of carbonyl (C=O) groups excluding carboxylic acids is 1. The van der Waals surface area contributed by atoms with Crippen LogP contribution in [0.25, 0.3) is 0 Å². The topological polar surface area (TPSA) is 66.9 Å². The largest absolute Gasteiger partial charge is 0.496 e. The molecular weight excluding hydrogens is 340 g/mol. The van der Waals surface area contributed by atoms with Crippen LogP contribution >= 0.6 is 0 Å². The van der Waals surface area contributed by atoms with Gasteiger partial charge in [-0.3, -0.25) is 4.79 Å². The molecule has 0 aliphatic carbocycles. The third kappa shape index (κ3) is 3.98. The molecule has 1 saturated heterocycles. The number of hydrogen-bond donors (Lipinski definition) is 0. The first-order chi connectivity index (χ1) is 11.7. The number of carbonyl (C=O) groups is 1. The molecular formula is C18H28N2O4S. The number of aryl methyl sites for hydroxylation is 1. The van der Waals surface area contributed by atoms with Crippen molar-refractivity contribution in [2.24, 2.45) is 0 Å². The molecule has 1 fully saturated rings. The molecule has 0 unspecified atom stereocenters. The van der Waals surface area contributed by atoms with Crippen LogP contribution in [0.4, 0.5) is 0 Å². The van der Waals surface area contributed by atoms with E-state index in [-0.39, 0.29) is 11.7 Å². The highest BCUT2D eigenvalue weighted by atomic mass is 32.2. The van der Waals surface area contributed by atoms with Gasteiger partial charge in [-0.05, 0) is 49.9 Å². The summed E-state index contributed by atoms with van der Waals surface area (Å²) in [6, 6.07) is 1.86. The van der Waals surface area contributed by atoms with E-state index in [0.717, 1.165) is 22.4 Å². The number of piperazine rings is 1. The van der Waals surface area contributed by atoms with Gasteiger partial charge in [-0.2, -0.15) is 4.31 Å². The fourth-order valence-corrected chi connectivity index (χ4v) is 4.82. The van der Waals surface area contributed by atoms with E-state index in [0.29, 0.717) is 38.2 Å². The molecule has 6 nitrogen and oxygen atoms in total. The van der Waals surface area contributed by atoms with Crippen LogP contribution in [0.3, 0.4) is 0 Å². The zero-order valence-corrected chi connectivity index (χ0v) is 16.6. The average molecular weight is 368 g/mol. The summed E-state index contributed by atoms with van der Waals surface area (Å²) in [6.07, 6.45) is 0.602. The van der Waals surface area contributed by atoms with Crippen LogP contribution in [0.1, 0.15) is 40.4 Å². The summed E-state index contributed by atoms with van der Waals surface area (Å²) < 4.78 is 31.2. The summed E-state index contributed by atoms with van der Waals surface area (Å²) in [4.78, 5) is 14.7. The Bertz CT molecular complexity index is 751. The molecule has 140 valence electrons. The van der Waals surface area contributed by atoms with Gasteiger partial charge < -0.3 is 9.64 Å². The second kappa shape index (κ2) is 7.74. The van der Waals surface area contributed by atoms with Crippen molar-refractivity contribution in [3.63, 3.8) is 0 Å². The number of benzene rings is 1. The number of amides is 1. The summed E-state index contributed by atoms with van der Waals surface area (Å²) in [6.45, 7) is 9.23. The Hall–Kier alpha value is -1.60. The number of methoxy groups -OCH3 is 1. The van der Waals surface area contributed by atoms with Crippen molar-refractivity contribution in [3.8, 4) is 5.75 Å². The number of nitrogens with zero attached hydrogens (tertiary/aromatic N) is 2. The van der Waals surface area contributed by atoms with Crippen LogP contribution in [-0.4, -0.2) is 62.6 Å². The summed E-state index contributed by atoms with van der Waals surface area (Å²) in [7, 11) is -1.57. The van der Waals surface area contributed by atoms with Crippen LogP contribution in [0.15, 0.2) is 6.07 Å². The number of rotatable bonds is 5. The molecule has 1 aliphatic rings. The van der Waals surface area contributed by atoms with Gasteiger partial charge in [0.2, 0.25) is 10.0 Å². The Kier molecular flexibility index (Phi) is 6.11. The molecule has 1 amide bonds. The Morgan fingerprint density at radius 1 is 1.12 bits per heavy atom.